The molecular formula is C30H34Cl2N2O4. The normalized spacial score (nSPS) is 11.5. The molecule has 3 aromatic rings. The molecule has 3 rings (SSSR count). The van der Waals surface area contributed by atoms with E-state index in [-0.39, 0.29) is 24.8 Å². The summed E-state index contributed by atoms with van der Waals surface area (Å²) in [7, 11) is 3.16. The summed E-state index contributed by atoms with van der Waals surface area (Å²) in [6.07, 6.45) is 1.87. The van der Waals surface area contributed by atoms with E-state index in [0.717, 1.165) is 23.1 Å². The number of carbonyl (C=O) groups excluding carboxylic acids is 2. The summed E-state index contributed by atoms with van der Waals surface area (Å²) in [5, 5.41) is 3.82. The quantitative estimate of drug-likeness (QED) is 0.276. The predicted octanol–water partition coefficient (Wildman–Crippen LogP) is 6.11. The Morgan fingerprint density at radius 1 is 0.868 bits per heavy atom. The van der Waals surface area contributed by atoms with Gasteiger partial charge in [0, 0.05) is 25.9 Å². The van der Waals surface area contributed by atoms with Crippen molar-refractivity contribution in [3.63, 3.8) is 0 Å². The van der Waals surface area contributed by atoms with Crippen molar-refractivity contribution in [1.29, 1.82) is 0 Å². The van der Waals surface area contributed by atoms with Crippen molar-refractivity contribution >= 4 is 35.0 Å². The molecule has 0 aliphatic carbocycles. The number of methoxy groups -OCH3 is 2. The van der Waals surface area contributed by atoms with E-state index in [4.69, 9.17) is 32.7 Å². The maximum absolute atomic E-state index is 13.8. The lowest BCUT2D eigenvalue weighted by atomic mass is 10.0. The highest BCUT2D eigenvalue weighted by Gasteiger charge is 2.30. The zero-order chi connectivity index (χ0) is 27.5. The number of ether oxygens (including phenoxy) is 2. The minimum Gasteiger partial charge on any atom is -0.493 e. The lowest BCUT2D eigenvalue weighted by Crippen LogP contribution is -2.50. The Morgan fingerprint density at radius 3 is 2.24 bits per heavy atom. The van der Waals surface area contributed by atoms with Gasteiger partial charge in [-0.15, -0.1) is 0 Å². The van der Waals surface area contributed by atoms with E-state index in [2.05, 4.69) is 5.32 Å². The second-order valence-electron chi connectivity index (χ2n) is 8.96. The smallest absolute Gasteiger partial charge is 0.243 e. The largest absolute Gasteiger partial charge is 0.493 e. The number of hydrogen-bond donors (Lipinski definition) is 1. The first-order chi connectivity index (χ1) is 18.4. The van der Waals surface area contributed by atoms with Crippen molar-refractivity contribution in [2.24, 2.45) is 0 Å². The van der Waals surface area contributed by atoms with Gasteiger partial charge in [0.25, 0.3) is 0 Å². The standard InChI is InChI=1S/C30H34Cl2N2O4/c1-4-16-33-30(36)26(18-21-8-6-5-7-9-21)34(20-23-10-13-24(31)25(32)17-23)29(35)15-12-22-11-14-27(37-2)28(19-22)38-3/h5-11,13-14,17,19,26H,4,12,15-16,18,20H2,1-3H3,(H,33,36)/t26-/m0/s1. The Labute approximate surface area is 234 Å². The van der Waals surface area contributed by atoms with Crippen LogP contribution in [0.5, 0.6) is 11.5 Å². The maximum Gasteiger partial charge on any atom is 0.243 e. The average molecular weight is 558 g/mol. The SMILES string of the molecule is CCCNC(=O)[C@H](Cc1ccccc1)N(Cc1ccc(Cl)c(Cl)c1)C(=O)CCc1ccc(OC)c(OC)c1. The second kappa shape index (κ2) is 14.6. The molecule has 202 valence electrons. The number of nitrogens with one attached hydrogen (secondary N) is 1. The fourth-order valence-electron chi connectivity index (χ4n) is 4.19. The lowest BCUT2D eigenvalue weighted by Gasteiger charge is -2.32. The number of halogens is 2. The van der Waals surface area contributed by atoms with E-state index < -0.39 is 6.04 Å². The van der Waals surface area contributed by atoms with Crippen LogP contribution in [0.15, 0.2) is 66.7 Å². The van der Waals surface area contributed by atoms with Crippen LogP contribution in [0.1, 0.15) is 36.5 Å². The first-order valence-electron chi connectivity index (χ1n) is 12.6. The molecule has 6 nitrogen and oxygen atoms in total. The molecule has 38 heavy (non-hydrogen) atoms. The zero-order valence-corrected chi connectivity index (χ0v) is 23.5. The molecule has 0 radical (unpaired) electrons. The Morgan fingerprint density at radius 2 is 1.58 bits per heavy atom. The molecule has 0 aromatic heterocycles. The first-order valence-corrected chi connectivity index (χ1v) is 13.4. The van der Waals surface area contributed by atoms with Crippen LogP contribution in [0.3, 0.4) is 0 Å². The fourth-order valence-corrected chi connectivity index (χ4v) is 4.51. The summed E-state index contributed by atoms with van der Waals surface area (Å²) in [6.45, 7) is 2.75. The molecule has 0 saturated carbocycles. The molecule has 0 bridgehead atoms. The van der Waals surface area contributed by atoms with Crippen molar-refractivity contribution < 1.29 is 19.1 Å². The number of aryl methyl sites for hydroxylation is 1. The molecule has 0 aliphatic rings. The van der Waals surface area contributed by atoms with Crippen molar-refractivity contribution in [1.82, 2.24) is 10.2 Å². The van der Waals surface area contributed by atoms with Gasteiger partial charge < -0.3 is 19.7 Å². The van der Waals surface area contributed by atoms with Gasteiger partial charge in [-0.3, -0.25) is 9.59 Å². The molecule has 0 saturated heterocycles. The van der Waals surface area contributed by atoms with Crippen LogP contribution in [0, 0.1) is 0 Å². The van der Waals surface area contributed by atoms with Gasteiger partial charge in [-0.2, -0.15) is 0 Å². The van der Waals surface area contributed by atoms with Gasteiger partial charge in [0.15, 0.2) is 11.5 Å². The molecule has 1 atom stereocenters. The highest BCUT2D eigenvalue weighted by molar-refractivity contribution is 6.42. The summed E-state index contributed by atoms with van der Waals surface area (Å²) >= 11 is 12.4. The zero-order valence-electron chi connectivity index (χ0n) is 22.0. The van der Waals surface area contributed by atoms with Crippen LogP contribution in [-0.2, 0) is 29.0 Å². The van der Waals surface area contributed by atoms with Gasteiger partial charge in [-0.25, -0.2) is 0 Å². The molecule has 0 spiro atoms. The van der Waals surface area contributed by atoms with Crippen LogP contribution < -0.4 is 14.8 Å². The summed E-state index contributed by atoms with van der Waals surface area (Å²) in [5.74, 6) is 0.902. The number of amides is 2. The van der Waals surface area contributed by atoms with Crippen LogP contribution in [-0.4, -0.2) is 43.5 Å². The number of carbonyl (C=O) groups is 2. The minimum absolute atomic E-state index is 0.140. The molecular weight excluding hydrogens is 523 g/mol. The number of nitrogens with zero attached hydrogens (tertiary/aromatic N) is 1. The number of hydrogen-bond acceptors (Lipinski definition) is 4. The van der Waals surface area contributed by atoms with Crippen LogP contribution in [0.4, 0.5) is 0 Å². The van der Waals surface area contributed by atoms with Crippen molar-refractivity contribution in [2.45, 2.75) is 45.2 Å². The fraction of sp³-hybridized carbons (Fsp3) is 0.333. The summed E-state index contributed by atoms with van der Waals surface area (Å²) < 4.78 is 10.7. The summed E-state index contributed by atoms with van der Waals surface area (Å²) in [4.78, 5) is 28.9. The lowest BCUT2D eigenvalue weighted by molar-refractivity contribution is -0.141. The van der Waals surface area contributed by atoms with E-state index in [1.807, 2.05) is 61.5 Å². The average Bonchev–Trinajstić information content (AvgIpc) is 2.94. The van der Waals surface area contributed by atoms with Gasteiger partial charge in [-0.05, 0) is 53.8 Å². The topological polar surface area (TPSA) is 67.9 Å². The predicted molar refractivity (Wildman–Crippen MR) is 152 cm³/mol. The Bertz CT molecular complexity index is 1220. The van der Waals surface area contributed by atoms with Crippen LogP contribution in [0.2, 0.25) is 10.0 Å². The van der Waals surface area contributed by atoms with E-state index in [1.54, 1.807) is 31.3 Å². The van der Waals surface area contributed by atoms with E-state index in [1.165, 1.54) is 0 Å². The summed E-state index contributed by atoms with van der Waals surface area (Å²) in [5.41, 5.74) is 2.69. The van der Waals surface area contributed by atoms with Crippen LogP contribution >= 0.6 is 23.2 Å². The Kier molecular flexibility index (Phi) is 11.3. The maximum atomic E-state index is 13.8. The van der Waals surface area contributed by atoms with E-state index in [0.29, 0.717) is 40.9 Å². The molecule has 0 unspecified atom stereocenters. The molecule has 0 aliphatic heterocycles. The minimum atomic E-state index is -0.698. The van der Waals surface area contributed by atoms with Gasteiger partial charge in [-0.1, -0.05) is 72.6 Å². The van der Waals surface area contributed by atoms with Crippen molar-refractivity contribution in [2.75, 3.05) is 20.8 Å². The van der Waals surface area contributed by atoms with Gasteiger partial charge in [0.2, 0.25) is 11.8 Å². The van der Waals surface area contributed by atoms with Crippen LogP contribution in [0.25, 0.3) is 0 Å². The molecule has 0 heterocycles. The second-order valence-corrected chi connectivity index (χ2v) is 9.77. The molecule has 0 fully saturated rings. The molecule has 3 aromatic carbocycles. The van der Waals surface area contributed by atoms with E-state index in [9.17, 15) is 9.59 Å². The highest BCUT2D eigenvalue weighted by Crippen LogP contribution is 2.28. The van der Waals surface area contributed by atoms with Gasteiger partial charge in [0.1, 0.15) is 6.04 Å². The van der Waals surface area contributed by atoms with Gasteiger partial charge in [0.05, 0.1) is 24.3 Å². The first kappa shape index (κ1) is 29.3. The third kappa shape index (κ3) is 8.14. The third-order valence-corrected chi connectivity index (χ3v) is 6.97. The number of rotatable bonds is 13. The third-order valence-electron chi connectivity index (χ3n) is 6.23. The summed E-state index contributed by atoms with van der Waals surface area (Å²) in [6, 6.07) is 19.9. The Balaban J connectivity index is 1.91. The van der Waals surface area contributed by atoms with Gasteiger partial charge >= 0.3 is 0 Å². The van der Waals surface area contributed by atoms with Crippen molar-refractivity contribution in [3.8, 4) is 11.5 Å². The molecule has 8 heteroatoms. The van der Waals surface area contributed by atoms with E-state index >= 15 is 0 Å². The Hall–Kier alpha value is -3.22. The number of benzene rings is 3. The highest BCUT2D eigenvalue weighted by atomic mass is 35.5. The monoisotopic (exact) mass is 556 g/mol. The molecule has 1 N–H and O–H groups in total. The van der Waals surface area contributed by atoms with Crippen molar-refractivity contribution in [3.05, 3.63) is 93.5 Å². The molecule has 2 amide bonds.